The van der Waals surface area contributed by atoms with E-state index in [0.717, 1.165) is 40.6 Å². The third kappa shape index (κ3) is 3.29. The van der Waals surface area contributed by atoms with E-state index in [1.807, 2.05) is 43.5 Å². The molecular formula is C15H22N2O2Si. The molecule has 1 unspecified atom stereocenters. The Labute approximate surface area is 123 Å². The molecule has 20 heavy (non-hydrogen) atoms. The fourth-order valence-corrected chi connectivity index (χ4v) is 3.42. The summed E-state index contributed by atoms with van der Waals surface area (Å²) >= 11 is 0. The van der Waals surface area contributed by atoms with Crippen LogP contribution in [-0.2, 0) is 4.74 Å². The van der Waals surface area contributed by atoms with E-state index in [9.17, 15) is 4.79 Å². The minimum absolute atomic E-state index is 0.447. The number of hydrogen-bond donors (Lipinski definition) is 1. The lowest BCUT2D eigenvalue weighted by Gasteiger charge is -2.41. The molecule has 1 aromatic carbocycles. The van der Waals surface area contributed by atoms with Crippen LogP contribution in [-0.4, -0.2) is 33.1 Å². The molecule has 5 heteroatoms. The number of nitrogens with two attached hydrogens (primary N) is 1. The van der Waals surface area contributed by atoms with Crippen LogP contribution in [0.25, 0.3) is 5.57 Å². The number of urea groups is 1. The minimum atomic E-state index is -0.500. The van der Waals surface area contributed by atoms with E-state index in [1.165, 1.54) is 0 Å². The third-order valence-electron chi connectivity index (χ3n) is 3.75. The lowest BCUT2D eigenvalue weighted by Crippen LogP contribution is -2.55. The predicted molar refractivity (Wildman–Crippen MR) is 84.0 cm³/mol. The first-order chi connectivity index (χ1) is 9.53. The first-order valence-corrected chi connectivity index (χ1v) is 7.99. The molecule has 0 bridgehead atoms. The Morgan fingerprint density at radius 1 is 1.40 bits per heavy atom. The van der Waals surface area contributed by atoms with E-state index < -0.39 is 11.4 Å². The van der Waals surface area contributed by atoms with Crippen molar-refractivity contribution in [3.8, 4) is 0 Å². The minimum Gasteiger partial charge on any atom is -0.360 e. The maximum atomic E-state index is 11.8. The molecule has 1 fully saturated rings. The smallest absolute Gasteiger partial charge is 0.320 e. The van der Waals surface area contributed by atoms with Crippen molar-refractivity contribution in [1.82, 2.24) is 4.90 Å². The molecular weight excluding hydrogens is 268 g/mol. The molecule has 2 amide bonds. The van der Waals surface area contributed by atoms with Crippen LogP contribution in [0.1, 0.15) is 31.7 Å². The second kappa shape index (κ2) is 6.24. The van der Waals surface area contributed by atoms with Gasteiger partial charge in [-0.1, -0.05) is 30.3 Å². The van der Waals surface area contributed by atoms with Crippen LogP contribution in [0.4, 0.5) is 4.79 Å². The fourth-order valence-electron chi connectivity index (χ4n) is 2.51. The molecule has 0 radical (unpaired) electrons. The Bertz CT molecular complexity index is 496. The van der Waals surface area contributed by atoms with Crippen LogP contribution < -0.4 is 5.73 Å². The van der Waals surface area contributed by atoms with Crippen molar-refractivity contribution in [2.75, 3.05) is 6.61 Å². The molecule has 1 aliphatic rings. The van der Waals surface area contributed by atoms with Crippen molar-refractivity contribution < 1.29 is 9.53 Å². The molecule has 108 valence electrons. The van der Waals surface area contributed by atoms with Crippen molar-refractivity contribution in [1.29, 1.82) is 0 Å². The highest BCUT2D eigenvalue weighted by molar-refractivity contribution is 6.15. The molecule has 0 spiro atoms. The summed E-state index contributed by atoms with van der Waals surface area (Å²) in [7, 11) is 0.737. The Morgan fingerprint density at radius 2 is 2.10 bits per heavy atom. The first kappa shape index (κ1) is 14.8. The summed E-state index contributed by atoms with van der Waals surface area (Å²) in [5.41, 5.74) is 7.66. The number of primary amides is 1. The quantitative estimate of drug-likeness (QED) is 0.861. The van der Waals surface area contributed by atoms with Gasteiger partial charge in [-0.3, -0.25) is 4.90 Å². The van der Waals surface area contributed by atoms with Crippen LogP contribution in [0, 0.1) is 0 Å². The van der Waals surface area contributed by atoms with Gasteiger partial charge in [0.1, 0.15) is 5.35 Å². The first-order valence-electron chi connectivity index (χ1n) is 6.99. The van der Waals surface area contributed by atoms with Crippen LogP contribution >= 0.6 is 0 Å². The normalized spacial score (nSPS) is 23.6. The summed E-state index contributed by atoms with van der Waals surface area (Å²) in [6.45, 7) is 2.69. The van der Waals surface area contributed by atoms with Gasteiger partial charge < -0.3 is 10.5 Å². The average molecular weight is 290 g/mol. The number of carbonyl (C=O) groups is 1. The number of carbonyl (C=O) groups excluding carboxylic acids is 1. The van der Waals surface area contributed by atoms with Gasteiger partial charge in [-0.15, -0.1) is 0 Å². The highest BCUT2D eigenvalue weighted by Gasteiger charge is 2.35. The van der Waals surface area contributed by atoms with Crippen molar-refractivity contribution in [2.24, 2.45) is 5.73 Å². The number of benzene rings is 1. The van der Waals surface area contributed by atoms with Crippen LogP contribution in [0.3, 0.4) is 0 Å². The van der Waals surface area contributed by atoms with Crippen LogP contribution in [0.2, 0.25) is 0 Å². The summed E-state index contributed by atoms with van der Waals surface area (Å²) < 4.78 is 5.87. The largest absolute Gasteiger partial charge is 0.360 e. The van der Waals surface area contributed by atoms with E-state index in [4.69, 9.17) is 10.5 Å². The average Bonchev–Trinajstić information content (AvgIpc) is 2.45. The summed E-state index contributed by atoms with van der Waals surface area (Å²) in [6.07, 6.45) is 4.82. The molecule has 1 aliphatic heterocycles. The summed E-state index contributed by atoms with van der Waals surface area (Å²) in [6, 6.07) is 9.53. The maximum Gasteiger partial charge on any atom is 0.320 e. The van der Waals surface area contributed by atoms with Crippen LogP contribution in [0.15, 0.2) is 36.5 Å². The molecule has 0 aliphatic carbocycles. The van der Waals surface area contributed by atoms with Gasteiger partial charge in [0.25, 0.3) is 0 Å². The van der Waals surface area contributed by atoms with E-state index in [0.29, 0.717) is 6.61 Å². The Morgan fingerprint density at radius 3 is 2.65 bits per heavy atom. The van der Waals surface area contributed by atoms with E-state index in [2.05, 4.69) is 0 Å². The summed E-state index contributed by atoms with van der Waals surface area (Å²) in [5, 5.41) is -0.500. The summed E-state index contributed by atoms with van der Waals surface area (Å²) in [4.78, 5) is 13.4. The van der Waals surface area contributed by atoms with Crippen molar-refractivity contribution in [2.45, 2.75) is 31.5 Å². The van der Waals surface area contributed by atoms with Gasteiger partial charge in [0, 0.05) is 12.8 Å². The second-order valence-corrected chi connectivity index (χ2v) is 6.93. The van der Waals surface area contributed by atoms with Gasteiger partial charge in [0.05, 0.1) is 10.2 Å². The predicted octanol–water partition coefficient (Wildman–Crippen LogP) is 1.65. The zero-order valence-electron chi connectivity index (χ0n) is 12.1. The summed E-state index contributed by atoms with van der Waals surface area (Å²) in [5.74, 6) is 0. The van der Waals surface area contributed by atoms with Gasteiger partial charge in [-0.25, -0.2) is 4.79 Å². The van der Waals surface area contributed by atoms with Gasteiger partial charge in [-0.05, 0) is 37.3 Å². The number of ether oxygens (including phenoxy) is 1. The highest BCUT2D eigenvalue weighted by atomic mass is 28.1. The van der Waals surface area contributed by atoms with Gasteiger partial charge >= 0.3 is 6.03 Å². The van der Waals surface area contributed by atoms with Crippen LogP contribution in [0.5, 0.6) is 0 Å². The number of nitrogens with zero attached hydrogens (tertiary/aromatic N) is 1. The van der Waals surface area contributed by atoms with Gasteiger partial charge in [0.2, 0.25) is 0 Å². The topological polar surface area (TPSA) is 55.6 Å². The van der Waals surface area contributed by atoms with E-state index >= 15 is 0 Å². The molecule has 2 rings (SSSR count). The number of hydrogen-bond acceptors (Lipinski definition) is 2. The number of amides is 2. The van der Waals surface area contributed by atoms with Gasteiger partial charge in [0.15, 0.2) is 0 Å². The van der Waals surface area contributed by atoms with Gasteiger partial charge in [-0.2, -0.15) is 0 Å². The second-order valence-electron chi connectivity index (χ2n) is 5.37. The Hall–Kier alpha value is -1.59. The van der Waals surface area contributed by atoms with Crippen molar-refractivity contribution in [3.05, 3.63) is 42.1 Å². The Kier molecular flexibility index (Phi) is 4.62. The molecule has 0 saturated carbocycles. The monoisotopic (exact) mass is 290 g/mol. The molecule has 0 aromatic heterocycles. The Balaban J connectivity index is 2.27. The van der Waals surface area contributed by atoms with E-state index in [-0.39, 0.29) is 0 Å². The fraction of sp³-hybridized carbons (Fsp3) is 0.400. The maximum absolute atomic E-state index is 11.8. The van der Waals surface area contributed by atoms with Crippen molar-refractivity contribution in [3.63, 3.8) is 0 Å². The third-order valence-corrected chi connectivity index (χ3v) is 5.02. The zero-order valence-corrected chi connectivity index (χ0v) is 14.1. The molecule has 4 nitrogen and oxygen atoms in total. The lowest BCUT2D eigenvalue weighted by molar-refractivity contribution is -0.0825. The lowest BCUT2D eigenvalue weighted by atomic mass is 10.1. The molecule has 2 N–H and O–H groups in total. The molecule has 1 heterocycles. The molecule has 1 aromatic rings. The number of allylic oxidation sites excluding steroid dienone is 1. The zero-order chi connectivity index (χ0) is 14.6. The molecule has 1 atom stereocenters. The highest BCUT2D eigenvalue weighted by Crippen LogP contribution is 2.27. The molecule has 1 saturated heterocycles. The van der Waals surface area contributed by atoms with E-state index in [1.54, 1.807) is 4.90 Å². The standard InChI is InChI=1S/C15H22N2O2Si/c1-12(13-7-3-2-4-8-13)11-17(14(16)18)15(20)9-5-6-10-19-15/h2-4,7-8,11H,5-6,9-10H2,1,20H3,(H2,16,18). The SMILES string of the molecule is CC(=CN(C(N)=O)C1([SiH3])CCCCO1)c1ccccc1. The van der Waals surface area contributed by atoms with Crippen molar-refractivity contribution >= 4 is 21.8 Å². The number of rotatable bonds is 3.